The molecule has 3 rings (SSSR count). The van der Waals surface area contributed by atoms with Crippen molar-refractivity contribution in [1.82, 2.24) is 10.2 Å². The molecule has 1 aliphatic heterocycles. The molecule has 3 N–H and O–H groups in total. The molecule has 1 aromatic carbocycles. The molecule has 0 aromatic heterocycles. The Labute approximate surface area is 150 Å². The highest BCUT2D eigenvalue weighted by Crippen LogP contribution is 2.35. The minimum absolute atomic E-state index is 0.00495. The number of amides is 3. The summed E-state index contributed by atoms with van der Waals surface area (Å²) in [5, 5.41) is 2.66. The Bertz CT molecular complexity index is 590. The maximum absolute atomic E-state index is 13.1. The van der Waals surface area contributed by atoms with Crippen LogP contribution in [-0.2, 0) is 11.2 Å². The van der Waals surface area contributed by atoms with Gasteiger partial charge in [-0.2, -0.15) is 0 Å². The van der Waals surface area contributed by atoms with E-state index in [1.165, 1.54) is 32.1 Å². The number of carbonyl (C=O) groups excluding carboxylic acids is 2. The molecule has 5 heteroatoms. The van der Waals surface area contributed by atoms with Gasteiger partial charge >= 0.3 is 6.03 Å². The van der Waals surface area contributed by atoms with Gasteiger partial charge in [0.05, 0.1) is 0 Å². The number of benzene rings is 1. The van der Waals surface area contributed by atoms with E-state index in [1.54, 1.807) is 0 Å². The second-order valence-electron chi connectivity index (χ2n) is 7.48. The molecular weight excluding hydrogens is 314 g/mol. The van der Waals surface area contributed by atoms with Crippen LogP contribution in [-0.4, -0.2) is 36.0 Å². The average molecular weight is 343 g/mol. The number of rotatable bonds is 4. The topological polar surface area (TPSA) is 75.4 Å². The second-order valence-corrected chi connectivity index (χ2v) is 7.48. The third kappa shape index (κ3) is 4.74. The van der Waals surface area contributed by atoms with E-state index >= 15 is 0 Å². The Morgan fingerprint density at radius 1 is 1.08 bits per heavy atom. The molecule has 0 radical (unpaired) electrons. The Kier molecular flexibility index (Phi) is 5.95. The average Bonchev–Trinajstić information content (AvgIpc) is 2.85. The van der Waals surface area contributed by atoms with Gasteiger partial charge in [-0.15, -0.1) is 0 Å². The predicted octanol–water partition coefficient (Wildman–Crippen LogP) is 2.69. The number of fused-ring (bicyclic) bond motifs is 1. The van der Waals surface area contributed by atoms with Crippen LogP contribution < -0.4 is 11.1 Å². The molecule has 5 nitrogen and oxygen atoms in total. The number of urea groups is 1. The van der Waals surface area contributed by atoms with Gasteiger partial charge in [-0.25, -0.2) is 4.79 Å². The maximum Gasteiger partial charge on any atom is 0.312 e. The highest BCUT2D eigenvalue weighted by Gasteiger charge is 2.34. The van der Waals surface area contributed by atoms with E-state index < -0.39 is 12.1 Å². The number of hydrogen-bond acceptors (Lipinski definition) is 2. The minimum atomic E-state index is -0.640. The highest BCUT2D eigenvalue weighted by atomic mass is 16.2. The van der Waals surface area contributed by atoms with Crippen molar-refractivity contribution < 1.29 is 9.59 Å². The summed E-state index contributed by atoms with van der Waals surface area (Å²) in [6, 6.07) is 8.55. The fraction of sp³-hybridized carbons (Fsp3) is 0.600. The molecule has 136 valence electrons. The maximum atomic E-state index is 13.1. The summed E-state index contributed by atoms with van der Waals surface area (Å²) in [7, 11) is 0. The first-order chi connectivity index (χ1) is 12.1. The summed E-state index contributed by atoms with van der Waals surface area (Å²) in [6.07, 6.45) is 8.02. The largest absolute Gasteiger partial charge is 0.352 e. The monoisotopic (exact) mass is 343 g/mol. The number of piperidine rings is 1. The first-order valence-electron chi connectivity index (χ1n) is 9.52. The van der Waals surface area contributed by atoms with Crippen LogP contribution in [0.15, 0.2) is 30.3 Å². The normalized spacial score (nSPS) is 24.7. The summed E-state index contributed by atoms with van der Waals surface area (Å²) < 4.78 is 0. The van der Waals surface area contributed by atoms with Gasteiger partial charge in [-0.1, -0.05) is 56.0 Å². The highest BCUT2D eigenvalue weighted by molar-refractivity contribution is 5.87. The summed E-state index contributed by atoms with van der Waals surface area (Å²) in [4.78, 5) is 26.4. The lowest BCUT2D eigenvalue weighted by molar-refractivity contribution is -0.136. The molecule has 2 fully saturated rings. The van der Waals surface area contributed by atoms with Gasteiger partial charge in [0.15, 0.2) is 0 Å². The lowest BCUT2D eigenvalue weighted by Gasteiger charge is -2.39. The number of carbonyl (C=O) groups is 2. The van der Waals surface area contributed by atoms with Gasteiger partial charge in [0, 0.05) is 19.5 Å². The van der Waals surface area contributed by atoms with Crippen molar-refractivity contribution in [3.05, 3.63) is 35.9 Å². The van der Waals surface area contributed by atoms with Crippen molar-refractivity contribution >= 4 is 11.9 Å². The molecule has 3 unspecified atom stereocenters. The molecule has 0 spiro atoms. The van der Waals surface area contributed by atoms with E-state index in [1.807, 2.05) is 35.2 Å². The van der Waals surface area contributed by atoms with Crippen LogP contribution in [0.4, 0.5) is 4.79 Å². The van der Waals surface area contributed by atoms with Crippen LogP contribution in [0.1, 0.15) is 44.1 Å². The third-order valence-electron chi connectivity index (χ3n) is 5.75. The molecule has 2 aliphatic rings. The van der Waals surface area contributed by atoms with Crippen LogP contribution in [0.2, 0.25) is 0 Å². The van der Waals surface area contributed by atoms with Crippen LogP contribution in [0.5, 0.6) is 0 Å². The number of primary amides is 1. The molecule has 0 bridgehead atoms. The zero-order valence-corrected chi connectivity index (χ0v) is 14.8. The van der Waals surface area contributed by atoms with Crippen LogP contribution in [0.25, 0.3) is 0 Å². The van der Waals surface area contributed by atoms with Crippen LogP contribution >= 0.6 is 0 Å². The van der Waals surface area contributed by atoms with Gasteiger partial charge < -0.3 is 16.0 Å². The Morgan fingerprint density at radius 3 is 2.52 bits per heavy atom. The van der Waals surface area contributed by atoms with Crippen molar-refractivity contribution in [2.75, 3.05) is 13.1 Å². The van der Waals surface area contributed by atoms with Crippen molar-refractivity contribution in [3.63, 3.8) is 0 Å². The molecule has 1 aliphatic carbocycles. The van der Waals surface area contributed by atoms with Crippen LogP contribution in [0, 0.1) is 11.8 Å². The molecule has 1 saturated heterocycles. The number of likely N-dealkylation sites (tertiary alicyclic amines) is 1. The zero-order chi connectivity index (χ0) is 17.6. The van der Waals surface area contributed by atoms with Crippen LogP contribution in [0.3, 0.4) is 0 Å². The lowest BCUT2D eigenvalue weighted by Crippen LogP contribution is -2.54. The van der Waals surface area contributed by atoms with E-state index in [4.69, 9.17) is 5.73 Å². The van der Waals surface area contributed by atoms with Gasteiger partial charge in [-0.3, -0.25) is 4.79 Å². The fourth-order valence-electron chi connectivity index (χ4n) is 4.42. The van der Waals surface area contributed by atoms with Gasteiger partial charge in [-0.05, 0) is 30.2 Å². The number of nitrogens with zero attached hydrogens (tertiary/aromatic N) is 1. The molecule has 1 aromatic rings. The van der Waals surface area contributed by atoms with E-state index in [0.29, 0.717) is 12.3 Å². The Morgan fingerprint density at radius 2 is 1.80 bits per heavy atom. The number of nitrogens with one attached hydrogen (secondary N) is 1. The van der Waals surface area contributed by atoms with E-state index in [2.05, 4.69) is 5.32 Å². The third-order valence-corrected chi connectivity index (χ3v) is 5.75. The minimum Gasteiger partial charge on any atom is -0.352 e. The van der Waals surface area contributed by atoms with Gasteiger partial charge in [0.1, 0.15) is 6.04 Å². The SMILES string of the molecule is NC(=O)NC(Cc1ccccc1)C(=O)N1CCC2CCCCCC2C1. The molecular formula is C20H29N3O2. The quantitative estimate of drug-likeness (QED) is 0.882. The first kappa shape index (κ1) is 17.8. The Balaban J connectivity index is 1.67. The first-order valence-corrected chi connectivity index (χ1v) is 9.52. The lowest BCUT2D eigenvalue weighted by atomic mass is 9.82. The molecule has 1 saturated carbocycles. The smallest absolute Gasteiger partial charge is 0.312 e. The van der Waals surface area contributed by atoms with Crippen molar-refractivity contribution in [2.45, 2.75) is 51.0 Å². The van der Waals surface area contributed by atoms with Crippen molar-refractivity contribution in [2.24, 2.45) is 17.6 Å². The molecule has 1 heterocycles. The summed E-state index contributed by atoms with van der Waals surface area (Å²) >= 11 is 0. The summed E-state index contributed by atoms with van der Waals surface area (Å²) in [5.41, 5.74) is 6.35. The standard InChI is InChI=1S/C20H29N3O2/c21-20(25)22-18(13-15-7-3-1-4-8-15)19(24)23-12-11-16-9-5-2-6-10-17(16)14-23/h1,3-4,7-8,16-18H,2,5-6,9-14H2,(H3,21,22,25). The van der Waals surface area contributed by atoms with E-state index in [-0.39, 0.29) is 5.91 Å². The van der Waals surface area contributed by atoms with Gasteiger partial charge in [0.25, 0.3) is 0 Å². The molecule has 3 amide bonds. The Hall–Kier alpha value is -2.04. The zero-order valence-electron chi connectivity index (χ0n) is 14.8. The number of nitrogens with two attached hydrogens (primary N) is 1. The second kappa shape index (κ2) is 8.37. The number of hydrogen-bond donors (Lipinski definition) is 2. The molecule has 3 atom stereocenters. The summed E-state index contributed by atoms with van der Waals surface area (Å²) in [6.45, 7) is 1.63. The predicted molar refractivity (Wildman–Crippen MR) is 97.9 cm³/mol. The van der Waals surface area contributed by atoms with E-state index in [9.17, 15) is 9.59 Å². The van der Waals surface area contributed by atoms with Gasteiger partial charge in [0.2, 0.25) is 5.91 Å². The fourth-order valence-corrected chi connectivity index (χ4v) is 4.42. The van der Waals surface area contributed by atoms with E-state index in [0.717, 1.165) is 31.0 Å². The van der Waals surface area contributed by atoms with Crippen molar-refractivity contribution in [3.8, 4) is 0 Å². The molecule has 25 heavy (non-hydrogen) atoms. The van der Waals surface area contributed by atoms with Crippen molar-refractivity contribution in [1.29, 1.82) is 0 Å². The summed E-state index contributed by atoms with van der Waals surface area (Å²) in [5.74, 6) is 1.39.